The van der Waals surface area contributed by atoms with E-state index >= 15 is 0 Å². The summed E-state index contributed by atoms with van der Waals surface area (Å²) in [6.45, 7) is 10.6. The number of carbonyl (C=O) groups is 1. The summed E-state index contributed by atoms with van der Waals surface area (Å²) in [7, 11) is 0. The van der Waals surface area contributed by atoms with Gasteiger partial charge in [-0.3, -0.25) is 4.79 Å². The Morgan fingerprint density at radius 3 is 2.42 bits per heavy atom. The lowest BCUT2D eigenvalue weighted by molar-refractivity contribution is -0.116. The van der Waals surface area contributed by atoms with E-state index in [0.717, 1.165) is 6.42 Å². The highest BCUT2D eigenvalue weighted by molar-refractivity contribution is 6.33. The number of nitrogens with one attached hydrogen (secondary N) is 1. The Kier molecular flexibility index (Phi) is 5.42. The van der Waals surface area contributed by atoms with Crippen LogP contribution in [0.5, 0.6) is 0 Å². The van der Waals surface area contributed by atoms with Crippen LogP contribution in [0.15, 0.2) is 18.2 Å². The molecule has 1 aromatic carbocycles. The number of halogens is 1. The van der Waals surface area contributed by atoms with Crippen molar-refractivity contribution in [1.82, 2.24) is 0 Å². The fourth-order valence-corrected chi connectivity index (χ4v) is 1.93. The molecule has 0 heterocycles. The molecule has 0 spiro atoms. The van der Waals surface area contributed by atoms with Crippen molar-refractivity contribution in [3.05, 3.63) is 28.8 Å². The molecule has 0 aromatic heterocycles. The van der Waals surface area contributed by atoms with Crippen LogP contribution in [0.25, 0.3) is 0 Å². The first kappa shape index (κ1) is 16.0. The molecule has 0 atom stereocenters. The molecule has 0 unspecified atom stereocenters. The zero-order valence-electron chi connectivity index (χ0n) is 12.5. The minimum atomic E-state index is 0.0223. The molecule has 1 N–H and O–H groups in total. The zero-order chi connectivity index (χ0) is 14.6. The molecule has 0 saturated heterocycles. The lowest BCUT2D eigenvalue weighted by Gasteiger charge is -2.17. The smallest absolute Gasteiger partial charge is 0.224 e. The van der Waals surface area contributed by atoms with Gasteiger partial charge in [0.05, 0.1) is 10.7 Å². The van der Waals surface area contributed by atoms with Crippen LogP contribution >= 0.6 is 11.6 Å². The molecular weight excluding hydrogens is 258 g/mol. The van der Waals surface area contributed by atoms with Crippen molar-refractivity contribution in [2.45, 2.75) is 53.4 Å². The normalized spacial score (nSPS) is 11.7. The van der Waals surface area contributed by atoms with Gasteiger partial charge in [-0.05, 0) is 35.4 Å². The number of amides is 1. The minimum absolute atomic E-state index is 0.0223. The maximum Gasteiger partial charge on any atom is 0.224 e. The van der Waals surface area contributed by atoms with E-state index in [1.165, 1.54) is 5.56 Å². The molecule has 0 aliphatic rings. The summed E-state index contributed by atoms with van der Waals surface area (Å²) in [5, 5.41) is 3.48. The number of anilines is 1. The monoisotopic (exact) mass is 281 g/mol. The van der Waals surface area contributed by atoms with Crippen LogP contribution in [0, 0.1) is 5.41 Å². The third-order valence-electron chi connectivity index (χ3n) is 3.04. The Labute approximate surface area is 121 Å². The third kappa shape index (κ3) is 5.65. The second-order valence-electron chi connectivity index (χ2n) is 6.50. The highest BCUT2D eigenvalue weighted by Crippen LogP contribution is 2.27. The van der Waals surface area contributed by atoms with Gasteiger partial charge in [-0.25, -0.2) is 0 Å². The van der Waals surface area contributed by atoms with E-state index in [0.29, 0.717) is 23.0 Å². The topological polar surface area (TPSA) is 29.1 Å². The van der Waals surface area contributed by atoms with Crippen molar-refractivity contribution in [2.75, 3.05) is 5.32 Å². The molecule has 3 heteroatoms. The average molecular weight is 282 g/mol. The SMILES string of the molecule is CC(C)c1ccc(NC(=O)CCC(C)(C)C)c(Cl)c1. The fraction of sp³-hybridized carbons (Fsp3) is 0.562. The fourth-order valence-electron chi connectivity index (χ4n) is 1.69. The van der Waals surface area contributed by atoms with E-state index in [2.05, 4.69) is 39.9 Å². The highest BCUT2D eigenvalue weighted by atomic mass is 35.5. The Hall–Kier alpha value is -1.02. The maximum absolute atomic E-state index is 11.9. The number of carbonyl (C=O) groups excluding carboxylic acids is 1. The van der Waals surface area contributed by atoms with Crippen LogP contribution in [-0.4, -0.2) is 5.91 Å². The summed E-state index contributed by atoms with van der Waals surface area (Å²) in [6.07, 6.45) is 1.38. The molecule has 1 amide bonds. The maximum atomic E-state index is 11.9. The predicted molar refractivity (Wildman–Crippen MR) is 82.9 cm³/mol. The van der Waals surface area contributed by atoms with Crippen LogP contribution in [0.4, 0.5) is 5.69 Å². The van der Waals surface area contributed by atoms with Gasteiger partial charge >= 0.3 is 0 Å². The Bertz CT molecular complexity index is 447. The second kappa shape index (κ2) is 6.42. The highest BCUT2D eigenvalue weighted by Gasteiger charge is 2.14. The van der Waals surface area contributed by atoms with Gasteiger partial charge in [0.1, 0.15) is 0 Å². The van der Waals surface area contributed by atoms with Crippen molar-refractivity contribution in [3.8, 4) is 0 Å². The summed E-state index contributed by atoms with van der Waals surface area (Å²) in [6, 6.07) is 5.81. The largest absolute Gasteiger partial charge is 0.325 e. The van der Waals surface area contributed by atoms with Gasteiger partial charge in [0.2, 0.25) is 5.91 Å². The van der Waals surface area contributed by atoms with Crippen molar-refractivity contribution in [3.63, 3.8) is 0 Å². The van der Waals surface area contributed by atoms with Gasteiger partial charge in [0, 0.05) is 6.42 Å². The Balaban J connectivity index is 2.65. The standard InChI is InChI=1S/C16H24ClNO/c1-11(2)12-6-7-14(13(17)10-12)18-15(19)8-9-16(3,4)5/h6-7,10-11H,8-9H2,1-5H3,(H,18,19). The van der Waals surface area contributed by atoms with Crippen molar-refractivity contribution >= 4 is 23.2 Å². The second-order valence-corrected chi connectivity index (χ2v) is 6.91. The minimum Gasteiger partial charge on any atom is -0.325 e. The van der Waals surface area contributed by atoms with Gasteiger partial charge in [-0.2, -0.15) is 0 Å². The quantitative estimate of drug-likeness (QED) is 0.804. The van der Waals surface area contributed by atoms with Crippen molar-refractivity contribution < 1.29 is 4.79 Å². The summed E-state index contributed by atoms with van der Waals surface area (Å²) < 4.78 is 0. The molecule has 0 aliphatic heterocycles. The summed E-state index contributed by atoms with van der Waals surface area (Å²) in [5.74, 6) is 0.456. The van der Waals surface area contributed by atoms with Crippen LogP contribution < -0.4 is 5.32 Å². The summed E-state index contributed by atoms with van der Waals surface area (Å²) in [4.78, 5) is 11.9. The molecule has 0 radical (unpaired) electrons. The molecule has 0 bridgehead atoms. The number of benzene rings is 1. The average Bonchev–Trinajstić information content (AvgIpc) is 2.28. The van der Waals surface area contributed by atoms with E-state index < -0.39 is 0 Å². The van der Waals surface area contributed by atoms with Crippen molar-refractivity contribution in [2.24, 2.45) is 5.41 Å². The first-order valence-electron chi connectivity index (χ1n) is 6.78. The lowest BCUT2D eigenvalue weighted by atomic mass is 9.90. The number of rotatable bonds is 4. The molecule has 0 aliphatic carbocycles. The van der Waals surface area contributed by atoms with Gasteiger partial charge in [0.25, 0.3) is 0 Å². The summed E-state index contributed by atoms with van der Waals surface area (Å²) in [5.41, 5.74) is 2.05. The Morgan fingerprint density at radius 2 is 1.95 bits per heavy atom. The molecule has 1 aromatic rings. The zero-order valence-corrected chi connectivity index (χ0v) is 13.3. The van der Waals surface area contributed by atoms with Gasteiger partial charge < -0.3 is 5.32 Å². The lowest BCUT2D eigenvalue weighted by Crippen LogP contribution is -2.15. The predicted octanol–water partition coefficient (Wildman–Crippen LogP) is 5.23. The van der Waals surface area contributed by atoms with E-state index in [9.17, 15) is 4.79 Å². The first-order chi connectivity index (χ1) is 8.69. The van der Waals surface area contributed by atoms with Gasteiger partial charge in [-0.15, -0.1) is 0 Å². The molecule has 19 heavy (non-hydrogen) atoms. The number of hydrogen-bond donors (Lipinski definition) is 1. The van der Waals surface area contributed by atoms with E-state index in [-0.39, 0.29) is 11.3 Å². The first-order valence-corrected chi connectivity index (χ1v) is 7.16. The molecule has 2 nitrogen and oxygen atoms in total. The van der Waals surface area contributed by atoms with Crippen LogP contribution in [0.3, 0.4) is 0 Å². The molecule has 106 valence electrons. The molecule has 0 fully saturated rings. The summed E-state index contributed by atoms with van der Waals surface area (Å²) >= 11 is 6.19. The van der Waals surface area contributed by atoms with Gasteiger partial charge in [0.15, 0.2) is 0 Å². The van der Waals surface area contributed by atoms with Crippen LogP contribution in [-0.2, 0) is 4.79 Å². The van der Waals surface area contributed by atoms with E-state index in [1.54, 1.807) is 0 Å². The van der Waals surface area contributed by atoms with E-state index in [4.69, 9.17) is 11.6 Å². The van der Waals surface area contributed by atoms with Crippen LogP contribution in [0.2, 0.25) is 5.02 Å². The van der Waals surface area contributed by atoms with Gasteiger partial charge in [-0.1, -0.05) is 52.3 Å². The molecule has 1 rings (SSSR count). The van der Waals surface area contributed by atoms with Crippen molar-refractivity contribution in [1.29, 1.82) is 0 Å². The molecular formula is C16H24ClNO. The Morgan fingerprint density at radius 1 is 1.32 bits per heavy atom. The van der Waals surface area contributed by atoms with E-state index in [1.807, 2.05) is 18.2 Å². The molecule has 0 saturated carbocycles. The van der Waals surface area contributed by atoms with Crippen LogP contribution in [0.1, 0.15) is 58.9 Å². The number of hydrogen-bond acceptors (Lipinski definition) is 1. The third-order valence-corrected chi connectivity index (χ3v) is 3.35.